The maximum atomic E-state index is 11.3. The van der Waals surface area contributed by atoms with Gasteiger partial charge in [-0.3, -0.25) is 0 Å². The quantitative estimate of drug-likeness (QED) is 0.580. The van der Waals surface area contributed by atoms with Gasteiger partial charge < -0.3 is 4.90 Å². The van der Waals surface area contributed by atoms with Crippen LogP contribution in [0.4, 0.5) is 5.69 Å². The second-order valence-electron chi connectivity index (χ2n) is 6.60. The molecule has 1 fully saturated rings. The summed E-state index contributed by atoms with van der Waals surface area (Å²) >= 11 is 6.28. The fourth-order valence-corrected chi connectivity index (χ4v) is 3.70. The molecule has 0 N–H and O–H groups in total. The number of likely N-dealkylation sites (tertiary alicyclic amines) is 1. The van der Waals surface area contributed by atoms with E-state index in [2.05, 4.69) is 47.8 Å². The van der Waals surface area contributed by atoms with E-state index in [1.54, 1.807) is 6.07 Å². The Morgan fingerprint density at radius 2 is 2.04 bits per heavy atom. The van der Waals surface area contributed by atoms with E-state index in [-0.39, 0.29) is 6.04 Å². The first-order valence-electron chi connectivity index (χ1n) is 8.73. The first kappa shape index (κ1) is 17.7. The molecule has 25 heavy (non-hydrogen) atoms. The molecule has 0 bridgehead atoms. The third-order valence-electron chi connectivity index (χ3n) is 5.06. The Bertz CT molecular complexity index is 798. The molecule has 130 valence electrons. The Morgan fingerprint density at radius 1 is 1.32 bits per heavy atom. The van der Waals surface area contributed by atoms with Gasteiger partial charge in [0.1, 0.15) is 5.69 Å². The van der Waals surface area contributed by atoms with Crippen molar-refractivity contribution in [1.29, 1.82) is 0 Å². The molecular weight excluding hydrogens is 332 g/mol. The van der Waals surface area contributed by atoms with Crippen LogP contribution in [-0.2, 0) is 6.42 Å². The molecule has 1 aliphatic rings. The molecule has 1 saturated heterocycles. The molecule has 3 rings (SSSR count). The normalized spacial score (nSPS) is 16.9. The summed E-state index contributed by atoms with van der Waals surface area (Å²) in [6.07, 6.45) is 3.22. The van der Waals surface area contributed by atoms with Crippen molar-refractivity contribution in [1.82, 2.24) is 4.90 Å². The second-order valence-corrected chi connectivity index (χ2v) is 7.01. The molecule has 0 amide bonds. The van der Waals surface area contributed by atoms with Crippen LogP contribution in [0.2, 0.25) is 5.02 Å². The maximum Gasteiger partial charge on any atom is 0.117 e. The molecule has 0 aliphatic carbocycles. The van der Waals surface area contributed by atoms with Crippen LogP contribution in [0, 0.1) is 11.8 Å². The molecule has 2 aromatic carbocycles. The number of nitroso groups, excluding NO2 is 1. The number of hydrogen-bond acceptors (Lipinski definition) is 3. The number of benzene rings is 2. The smallest absolute Gasteiger partial charge is 0.117 e. The molecule has 1 aliphatic heterocycles. The van der Waals surface area contributed by atoms with Crippen LogP contribution < -0.4 is 0 Å². The van der Waals surface area contributed by atoms with Gasteiger partial charge in [-0.2, -0.15) is 0 Å². The van der Waals surface area contributed by atoms with Crippen LogP contribution in [0.15, 0.2) is 48.2 Å². The topological polar surface area (TPSA) is 32.7 Å². The van der Waals surface area contributed by atoms with E-state index in [1.165, 1.54) is 11.1 Å². The van der Waals surface area contributed by atoms with Crippen LogP contribution in [0.3, 0.4) is 0 Å². The molecule has 2 aromatic rings. The zero-order valence-electron chi connectivity index (χ0n) is 14.8. The first-order chi connectivity index (χ1) is 12.0. The van der Waals surface area contributed by atoms with Gasteiger partial charge in [0.2, 0.25) is 0 Å². The number of halogens is 1. The molecule has 0 radical (unpaired) electrons. The summed E-state index contributed by atoms with van der Waals surface area (Å²) in [6.45, 7) is 9.22. The zero-order valence-corrected chi connectivity index (χ0v) is 15.5. The second kappa shape index (κ2) is 7.40. The van der Waals surface area contributed by atoms with Gasteiger partial charge in [0.05, 0.1) is 6.04 Å². The highest BCUT2D eigenvalue weighted by molar-refractivity contribution is 6.31. The minimum Gasteiger partial charge on any atom is -0.364 e. The predicted molar refractivity (Wildman–Crippen MR) is 105 cm³/mol. The maximum absolute atomic E-state index is 11.3. The fraction of sp³-hybridized carbons (Fsp3) is 0.333. The van der Waals surface area contributed by atoms with Crippen molar-refractivity contribution in [3.8, 4) is 0 Å². The average molecular weight is 355 g/mol. The summed E-state index contributed by atoms with van der Waals surface area (Å²) in [5.41, 5.74) is 5.42. The predicted octanol–water partition coefficient (Wildman–Crippen LogP) is 6.42. The molecule has 1 unspecified atom stereocenters. The van der Waals surface area contributed by atoms with Crippen molar-refractivity contribution in [2.24, 2.45) is 5.18 Å². The molecule has 1 atom stereocenters. The molecule has 4 heteroatoms. The van der Waals surface area contributed by atoms with Crippen molar-refractivity contribution in [2.75, 3.05) is 6.54 Å². The Labute approximate surface area is 154 Å². The zero-order chi connectivity index (χ0) is 18.0. The van der Waals surface area contributed by atoms with Gasteiger partial charge in [0, 0.05) is 22.8 Å². The molecule has 0 saturated carbocycles. The lowest BCUT2D eigenvalue weighted by Gasteiger charge is -2.29. The SMILES string of the molecule is C=C(c1cc(Cl)c(C)cc1N=O)N1CCCC1c1ccc(CC)cc1. The number of nitrogens with zero attached hydrogens (tertiary/aromatic N) is 2. The highest BCUT2D eigenvalue weighted by Crippen LogP contribution is 2.41. The van der Waals surface area contributed by atoms with Crippen molar-refractivity contribution < 1.29 is 0 Å². The summed E-state index contributed by atoms with van der Waals surface area (Å²) in [5, 5.41) is 3.82. The van der Waals surface area contributed by atoms with E-state index in [0.717, 1.165) is 42.6 Å². The van der Waals surface area contributed by atoms with Crippen molar-refractivity contribution in [2.45, 2.75) is 39.2 Å². The Hall–Kier alpha value is -2.13. The summed E-state index contributed by atoms with van der Waals surface area (Å²) in [6, 6.07) is 12.6. The van der Waals surface area contributed by atoms with Crippen LogP contribution >= 0.6 is 11.6 Å². The first-order valence-corrected chi connectivity index (χ1v) is 9.11. The summed E-state index contributed by atoms with van der Waals surface area (Å²) in [7, 11) is 0. The molecule has 0 spiro atoms. The molecule has 0 aromatic heterocycles. The van der Waals surface area contributed by atoms with Gasteiger partial charge in [-0.15, -0.1) is 4.91 Å². The van der Waals surface area contributed by atoms with Crippen LogP contribution in [-0.4, -0.2) is 11.4 Å². The van der Waals surface area contributed by atoms with Crippen LogP contribution in [0.25, 0.3) is 5.70 Å². The number of aryl methyl sites for hydroxylation is 2. The number of rotatable bonds is 5. The van der Waals surface area contributed by atoms with Gasteiger partial charge in [-0.05, 0) is 60.2 Å². The van der Waals surface area contributed by atoms with E-state index in [4.69, 9.17) is 11.6 Å². The Morgan fingerprint density at radius 3 is 2.68 bits per heavy atom. The van der Waals surface area contributed by atoms with Gasteiger partial charge >= 0.3 is 0 Å². The third-order valence-corrected chi connectivity index (χ3v) is 5.47. The molecule has 3 nitrogen and oxygen atoms in total. The van der Waals surface area contributed by atoms with E-state index in [9.17, 15) is 4.91 Å². The van der Waals surface area contributed by atoms with Crippen LogP contribution in [0.5, 0.6) is 0 Å². The average Bonchev–Trinajstić information content (AvgIpc) is 3.12. The van der Waals surface area contributed by atoms with Crippen LogP contribution in [0.1, 0.15) is 48.1 Å². The van der Waals surface area contributed by atoms with E-state index >= 15 is 0 Å². The summed E-state index contributed by atoms with van der Waals surface area (Å²) < 4.78 is 0. The lowest BCUT2D eigenvalue weighted by molar-refractivity contribution is 0.380. The van der Waals surface area contributed by atoms with Crippen molar-refractivity contribution in [3.63, 3.8) is 0 Å². The third kappa shape index (κ3) is 3.47. The van der Waals surface area contributed by atoms with Gasteiger partial charge in [0.15, 0.2) is 0 Å². The molecular formula is C21H23ClN2O. The fourth-order valence-electron chi connectivity index (χ4n) is 3.54. The molecule has 1 heterocycles. The minimum absolute atomic E-state index is 0.276. The summed E-state index contributed by atoms with van der Waals surface area (Å²) in [5.74, 6) is 0. The van der Waals surface area contributed by atoms with E-state index < -0.39 is 0 Å². The number of hydrogen-bond donors (Lipinski definition) is 0. The highest BCUT2D eigenvalue weighted by Gasteiger charge is 2.28. The Kier molecular flexibility index (Phi) is 5.24. The lowest BCUT2D eigenvalue weighted by atomic mass is 10.0. The Balaban J connectivity index is 1.93. The summed E-state index contributed by atoms with van der Waals surface area (Å²) in [4.78, 5) is 13.6. The lowest BCUT2D eigenvalue weighted by Crippen LogP contribution is -2.21. The monoisotopic (exact) mass is 354 g/mol. The van der Waals surface area contributed by atoms with Gasteiger partial charge in [0.25, 0.3) is 0 Å². The van der Waals surface area contributed by atoms with Gasteiger partial charge in [-0.25, -0.2) is 0 Å². The van der Waals surface area contributed by atoms with E-state index in [0.29, 0.717) is 10.7 Å². The largest absolute Gasteiger partial charge is 0.364 e. The van der Waals surface area contributed by atoms with E-state index in [1.807, 2.05) is 13.0 Å². The van der Waals surface area contributed by atoms with Crippen molar-refractivity contribution in [3.05, 3.63) is 75.2 Å². The standard InChI is InChI=1S/C21H23ClN2O/c1-4-16-7-9-17(10-8-16)21-6-5-11-24(21)15(3)18-13-19(22)14(2)12-20(18)23-25/h7-10,12-13,21H,3-6,11H2,1-2H3. The minimum atomic E-state index is 0.276. The van der Waals surface area contributed by atoms with Crippen molar-refractivity contribution >= 4 is 23.0 Å². The van der Waals surface area contributed by atoms with Gasteiger partial charge in [-0.1, -0.05) is 49.4 Å². The highest BCUT2D eigenvalue weighted by atomic mass is 35.5.